The highest BCUT2D eigenvalue weighted by Crippen LogP contribution is 2.17. The molecule has 0 aromatic heterocycles. The molecule has 0 aliphatic carbocycles. The molecular weight excluding hydrogens is 1030 g/mol. The van der Waals surface area contributed by atoms with Crippen LogP contribution in [0.1, 0.15) is 167 Å². The minimum Gasteiger partial charge on any atom is -0.458 e. The van der Waals surface area contributed by atoms with Gasteiger partial charge >= 0.3 is 5.97 Å². The van der Waals surface area contributed by atoms with Crippen molar-refractivity contribution in [2.24, 2.45) is 35.3 Å². The van der Waals surface area contributed by atoms with E-state index in [1.807, 2.05) is 0 Å². The number of carbonyl (C=O) groups excluding carboxylic acids is 11. The topological polar surface area (TPSA) is 392 Å². The molecule has 10 amide bonds. The van der Waals surface area contributed by atoms with Crippen molar-refractivity contribution in [2.45, 2.75) is 233 Å². The Labute approximate surface area is 466 Å². The van der Waals surface area contributed by atoms with Crippen molar-refractivity contribution >= 4 is 65.0 Å². The van der Waals surface area contributed by atoms with Crippen LogP contribution in [0.4, 0.5) is 0 Å². The number of esters is 1. The number of rotatable bonds is 27. The molecule has 0 aromatic rings. The molecule has 12 atom stereocenters. The van der Waals surface area contributed by atoms with E-state index in [1.165, 1.54) is 6.92 Å². The van der Waals surface area contributed by atoms with Gasteiger partial charge in [0, 0.05) is 6.42 Å². The fraction of sp³-hybridized carbons (Fsp3) is 0.796. The minimum atomic E-state index is -1.92. The molecule has 0 radical (unpaired) electrons. The predicted octanol–water partition coefficient (Wildman–Crippen LogP) is -0.503. The fourth-order valence-corrected chi connectivity index (χ4v) is 8.63. The first kappa shape index (κ1) is 71.1. The second-order valence-electron chi connectivity index (χ2n) is 22.5. The van der Waals surface area contributed by atoms with Gasteiger partial charge in [-0.25, -0.2) is 4.79 Å². The Hall–Kier alpha value is -5.95. The molecule has 1 aliphatic heterocycles. The van der Waals surface area contributed by atoms with Gasteiger partial charge in [-0.1, -0.05) is 115 Å². The van der Waals surface area contributed by atoms with Crippen LogP contribution in [0.25, 0.3) is 0 Å². The summed E-state index contributed by atoms with van der Waals surface area (Å²) in [5.74, 6) is -12.6. The summed E-state index contributed by atoms with van der Waals surface area (Å²) >= 11 is 0. The highest BCUT2D eigenvalue weighted by molar-refractivity contribution is 5.99. The molecule has 25 heteroatoms. The number of hydrogen-bond donors (Lipinski definition) is 13. The Bertz CT molecular complexity index is 2020. The Morgan fingerprint density at radius 3 is 1.57 bits per heavy atom. The lowest BCUT2D eigenvalue weighted by molar-refractivity contribution is -0.157. The summed E-state index contributed by atoms with van der Waals surface area (Å²) < 4.78 is 5.84. The summed E-state index contributed by atoms with van der Waals surface area (Å²) in [6.07, 6.45) is 1.55. The van der Waals surface area contributed by atoms with Crippen molar-refractivity contribution < 1.29 is 72.8 Å². The average molecular weight is 1130 g/mol. The number of ether oxygens (including phenoxy) is 1. The van der Waals surface area contributed by atoms with Crippen LogP contribution in [0.15, 0.2) is 0 Å². The highest BCUT2D eigenvalue weighted by atomic mass is 16.5. The van der Waals surface area contributed by atoms with E-state index < -0.39 is 170 Å². The van der Waals surface area contributed by atoms with Crippen LogP contribution in [0.2, 0.25) is 0 Å². The van der Waals surface area contributed by atoms with E-state index in [-0.39, 0.29) is 49.9 Å². The number of amides is 10. The lowest BCUT2D eigenvalue weighted by Gasteiger charge is -2.32. The Kier molecular flexibility index (Phi) is 32.7. The zero-order valence-corrected chi connectivity index (χ0v) is 48.7. The molecule has 1 rings (SSSR count). The quantitative estimate of drug-likeness (QED) is 0.0364. The predicted molar refractivity (Wildman–Crippen MR) is 292 cm³/mol. The van der Waals surface area contributed by atoms with Gasteiger partial charge in [-0.15, -0.1) is 0 Å². The molecule has 0 spiro atoms. The van der Waals surface area contributed by atoms with Crippen LogP contribution in [-0.4, -0.2) is 160 Å². The van der Waals surface area contributed by atoms with Crippen LogP contribution >= 0.6 is 0 Å². The van der Waals surface area contributed by atoms with Gasteiger partial charge in [0.2, 0.25) is 59.1 Å². The molecule has 1 aliphatic rings. The van der Waals surface area contributed by atoms with Crippen molar-refractivity contribution in [3.63, 3.8) is 0 Å². The van der Waals surface area contributed by atoms with Gasteiger partial charge in [0.1, 0.15) is 60.5 Å². The molecule has 1 fully saturated rings. The maximum atomic E-state index is 14.7. The van der Waals surface area contributed by atoms with E-state index in [4.69, 9.17) is 10.5 Å². The molecule has 25 nitrogen and oxygen atoms in total. The zero-order chi connectivity index (χ0) is 60.3. The normalized spacial score (nSPS) is 24.0. The molecule has 1 saturated heterocycles. The van der Waals surface area contributed by atoms with Crippen LogP contribution in [0.3, 0.4) is 0 Å². The van der Waals surface area contributed by atoms with E-state index in [0.717, 1.165) is 25.7 Å². The summed E-state index contributed by atoms with van der Waals surface area (Å²) in [4.78, 5) is 152. The van der Waals surface area contributed by atoms with Crippen LogP contribution in [0.5, 0.6) is 0 Å². The van der Waals surface area contributed by atoms with Gasteiger partial charge < -0.3 is 73.6 Å². The molecule has 1 unspecified atom stereocenters. The number of unbranched alkanes of at least 4 members (excludes halogenated alkanes) is 4. The summed E-state index contributed by atoms with van der Waals surface area (Å²) in [7, 11) is 0. The summed E-state index contributed by atoms with van der Waals surface area (Å²) in [6.45, 7) is 18.3. The molecule has 0 aromatic carbocycles. The van der Waals surface area contributed by atoms with E-state index >= 15 is 0 Å². The maximum Gasteiger partial charge on any atom is 0.329 e. The van der Waals surface area contributed by atoms with E-state index in [0.29, 0.717) is 12.8 Å². The van der Waals surface area contributed by atoms with Crippen molar-refractivity contribution in [3.8, 4) is 0 Å². The lowest BCUT2D eigenvalue weighted by Crippen LogP contribution is -2.64. The Morgan fingerprint density at radius 2 is 1.09 bits per heavy atom. The third-order valence-corrected chi connectivity index (χ3v) is 13.4. The van der Waals surface area contributed by atoms with Crippen LogP contribution in [0, 0.1) is 29.6 Å². The first-order chi connectivity index (χ1) is 37.0. The summed E-state index contributed by atoms with van der Waals surface area (Å²) in [5, 5.41) is 54.0. The van der Waals surface area contributed by atoms with E-state index in [9.17, 15) is 68.1 Å². The van der Waals surface area contributed by atoms with Gasteiger partial charge in [-0.3, -0.25) is 47.9 Å². The van der Waals surface area contributed by atoms with Crippen molar-refractivity contribution in [2.75, 3.05) is 13.2 Å². The van der Waals surface area contributed by atoms with E-state index in [1.54, 1.807) is 69.2 Å². The van der Waals surface area contributed by atoms with Crippen LogP contribution in [-0.2, 0) is 57.5 Å². The van der Waals surface area contributed by atoms with Gasteiger partial charge in [-0.05, 0) is 68.6 Å². The second-order valence-corrected chi connectivity index (χ2v) is 22.5. The smallest absolute Gasteiger partial charge is 0.329 e. The van der Waals surface area contributed by atoms with Gasteiger partial charge in [-0.2, -0.15) is 0 Å². The molecule has 0 saturated carbocycles. The molecule has 452 valence electrons. The van der Waals surface area contributed by atoms with Crippen LogP contribution < -0.4 is 53.6 Å². The average Bonchev–Trinajstić information content (AvgIpc) is 3.36. The van der Waals surface area contributed by atoms with Crippen molar-refractivity contribution in [3.05, 3.63) is 0 Å². The highest BCUT2D eigenvalue weighted by Gasteiger charge is 2.40. The van der Waals surface area contributed by atoms with Gasteiger partial charge in [0.05, 0.1) is 25.7 Å². The zero-order valence-electron chi connectivity index (χ0n) is 48.7. The lowest BCUT2D eigenvalue weighted by atomic mass is 9.98. The monoisotopic (exact) mass is 1120 g/mol. The Balaban J connectivity index is 3.99. The number of nitrogens with one attached hydrogen (secondary N) is 9. The number of aliphatic hydroxyl groups is 3. The molecular formula is C54H96N10O15. The maximum absolute atomic E-state index is 14.7. The van der Waals surface area contributed by atoms with Crippen molar-refractivity contribution in [1.82, 2.24) is 47.9 Å². The number of carbonyl (C=O) groups is 11. The Morgan fingerprint density at radius 1 is 0.595 bits per heavy atom. The third-order valence-electron chi connectivity index (χ3n) is 13.4. The number of aliphatic hydroxyl groups excluding tert-OH is 3. The number of hydrogen-bond acceptors (Lipinski definition) is 15. The van der Waals surface area contributed by atoms with Gasteiger partial charge in [0.15, 0.2) is 0 Å². The number of cyclic esters (lactones) is 1. The first-order valence-electron chi connectivity index (χ1n) is 28.1. The standard InChI is InChI=1S/C54H96N10O15/c1-13-15-16-17-18-19-34(67)25-42(69)56-36(22-28(3)4)47(71)57-35(20-21-41(55)68)46(70)64-45-33(12)79-54(78)44(32(11)14-2)63-51(75)40(27-66)61-48(72)37(23-29(5)6)58-50(74)39(26-65)60-49(73)38(24-30(7)8)59-52(76)43(31(9)10)62-53(45)77/h28-40,43-45,65-67H,13-27H2,1-12H3,(H2,55,68)(H,56,69)(H,57,71)(H,58,74)(H,59,76)(H,60,73)(H,61,72)(H,62,77)(H,63,75)(H,64,70)/t32?,33-,34+,35+,36-,37-,38-,39+,40+,43+,44-,45+/m0/s1. The van der Waals surface area contributed by atoms with Crippen molar-refractivity contribution in [1.29, 1.82) is 0 Å². The molecule has 0 bridgehead atoms. The molecule has 1 heterocycles. The van der Waals surface area contributed by atoms with Gasteiger partial charge in [0.25, 0.3) is 0 Å². The van der Waals surface area contributed by atoms with E-state index in [2.05, 4.69) is 54.8 Å². The third kappa shape index (κ3) is 26.3. The number of nitrogens with two attached hydrogens (primary N) is 1. The fourth-order valence-electron chi connectivity index (χ4n) is 8.63. The first-order valence-corrected chi connectivity index (χ1v) is 28.1. The summed E-state index contributed by atoms with van der Waals surface area (Å²) in [5.41, 5.74) is 5.49. The number of primary amides is 1. The SMILES string of the molecule is CCCCCCC[C@@H](O)CC(=O)N[C@@H](CC(C)C)C(=O)N[C@H](CCC(N)=O)C(=O)N[C@H]1C(=O)N[C@H](C(C)C)C(=O)N[C@@H](CC(C)C)C(=O)N[C@H](CO)C(=O)N[C@@H](CC(C)C)C(=O)N[C@H](CO)C(=O)N[C@@H](C(C)CC)C(=O)O[C@H]1C. The largest absolute Gasteiger partial charge is 0.458 e. The second kappa shape index (κ2) is 36.3. The minimum absolute atomic E-state index is 0.00447. The molecule has 79 heavy (non-hydrogen) atoms. The summed E-state index contributed by atoms with van der Waals surface area (Å²) in [6, 6.07) is -13.9. The molecule has 14 N–H and O–H groups in total.